The van der Waals surface area contributed by atoms with Crippen LogP contribution in [-0.2, 0) is 19.1 Å². The number of amides is 1. The second-order valence-corrected chi connectivity index (χ2v) is 12.1. The Labute approximate surface area is 229 Å². The summed E-state index contributed by atoms with van der Waals surface area (Å²) in [6, 6.07) is 5.92. The highest BCUT2D eigenvalue weighted by Crippen LogP contribution is 2.30. The standard InChI is InChI=1S/C19H25BrN4O3.C6H11BrO2/c1-19(2,3)27-16(25)11-23-8-6-13(7-9-23)24-15-5-4-12(20)10-14(15)17(22-24)18(21)26;1-6(2,3)9-5(8)4-7/h4-5,10,13H,6-9,11H2,1-3H3,(H2,21,26);4H2,1-3H3. The van der Waals surface area contributed by atoms with E-state index in [4.69, 9.17) is 15.2 Å². The molecule has 200 valence electrons. The van der Waals surface area contributed by atoms with Crippen molar-refractivity contribution in [2.75, 3.05) is 25.0 Å². The van der Waals surface area contributed by atoms with Crippen LogP contribution in [0.15, 0.2) is 22.7 Å². The first kappa shape index (κ1) is 30.2. The molecule has 3 rings (SSSR count). The highest BCUT2D eigenvalue weighted by atomic mass is 79.9. The summed E-state index contributed by atoms with van der Waals surface area (Å²) in [5.74, 6) is -0.951. The smallest absolute Gasteiger partial charge is 0.320 e. The number of nitrogens with two attached hydrogens (primary N) is 1. The Hall–Kier alpha value is -1.98. The number of carbonyl (C=O) groups is 3. The number of aromatic nitrogens is 2. The van der Waals surface area contributed by atoms with Crippen molar-refractivity contribution in [1.82, 2.24) is 14.7 Å². The van der Waals surface area contributed by atoms with Crippen molar-refractivity contribution in [3.8, 4) is 0 Å². The third kappa shape index (κ3) is 9.48. The van der Waals surface area contributed by atoms with E-state index in [0.29, 0.717) is 12.2 Å². The van der Waals surface area contributed by atoms with Crippen molar-refractivity contribution in [3.05, 3.63) is 28.4 Å². The molecule has 0 atom stereocenters. The van der Waals surface area contributed by atoms with E-state index in [1.54, 1.807) is 0 Å². The van der Waals surface area contributed by atoms with E-state index in [1.165, 1.54) is 0 Å². The van der Waals surface area contributed by atoms with Crippen LogP contribution in [0.5, 0.6) is 0 Å². The molecule has 1 aliphatic rings. The SMILES string of the molecule is CC(C)(C)OC(=O)CBr.CC(C)(C)OC(=O)CN1CCC(n2nc(C(N)=O)c3cc(Br)ccc32)CC1. The number of primary amides is 1. The first-order valence-electron chi connectivity index (χ1n) is 11.8. The van der Waals surface area contributed by atoms with Gasteiger partial charge < -0.3 is 15.2 Å². The number of hydrogen-bond donors (Lipinski definition) is 1. The van der Waals surface area contributed by atoms with Crippen LogP contribution in [-0.4, -0.2) is 68.7 Å². The van der Waals surface area contributed by atoms with Gasteiger partial charge in [0.1, 0.15) is 16.5 Å². The molecule has 1 fully saturated rings. The van der Waals surface area contributed by atoms with E-state index < -0.39 is 11.5 Å². The molecule has 1 aromatic heterocycles. The molecule has 0 unspecified atom stereocenters. The van der Waals surface area contributed by atoms with E-state index in [2.05, 4.69) is 41.9 Å². The molecule has 2 heterocycles. The van der Waals surface area contributed by atoms with E-state index >= 15 is 0 Å². The molecule has 9 nitrogen and oxygen atoms in total. The Balaban J connectivity index is 0.000000434. The predicted molar refractivity (Wildman–Crippen MR) is 146 cm³/mol. The molecule has 1 aliphatic heterocycles. The van der Waals surface area contributed by atoms with Crippen LogP contribution in [0.3, 0.4) is 0 Å². The number of benzene rings is 1. The number of ether oxygens (including phenoxy) is 2. The quantitative estimate of drug-likeness (QED) is 0.379. The monoisotopic (exact) mass is 630 g/mol. The zero-order valence-corrected chi connectivity index (χ0v) is 24.9. The average Bonchev–Trinajstić information content (AvgIpc) is 3.11. The number of rotatable bonds is 5. The van der Waals surface area contributed by atoms with Crippen LogP contribution in [0.25, 0.3) is 10.9 Å². The Morgan fingerprint density at radius 1 is 1.03 bits per heavy atom. The summed E-state index contributed by atoms with van der Waals surface area (Å²) in [5.41, 5.74) is 5.88. The number of fused-ring (bicyclic) bond motifs is 1. The number of hydrogen-bond acceptors (Lipinski definition) is 7. The summed E-state index contributed by atoms with van der Waals surface area (Å²) in [4.78, 5) is 36.5. The number of esters is 2. The van der Waals surface area contributed by atoms with Gasteiger partial charge in [-0.05, 0) is 72.6 Å². The zero-order chi connectivity index (χ0) is 27.3. The van der Waals surface area contributed by atoms with Gasteiger partial charge in [0.05, 0.1) is 18.1 Å². The van der Waals surface area contributed by atoms with Gasteiger partial charge >= 0.3 is 11.9 Å². The lowest BCUT2D eigenvalue weighted by molar-refractivity contribution is -0.156. The highest BCUT2D eigenvalue weighted by Gasteiger charge is 2.27. The lowest BCUT2D eigenvalue weighted by atomic mass is 10.0. The van der Waals surface area contributed by atoms with Gasteiger partial charge in [-0.25, -0.2) is 0 Å². The minimum absolute atomic E-state index is 0.164. The van der Waals surface area contributed by atoms with Gasteiger partial charge in [-0.1, -0.05) is 31.9 Å². The number of nitrogens with zero attached hydrogens (tertiary/aromatic N) is 3. The molecule has 0 aliphatic carbocycles. The fourth-order valence-corrected chi connectivity index (χ4v) is 4.30. The van der Waals surface area contributed by atoms with Gasteiger partial charge in [0.25, 0.3) is 5.91 Å². The van der Waals surface area contributed by atoms with Crippen LogP contribution in [0.1, 0.15) is 70.9 Å². The number of halogens is 2. The molecule has 0 bridgehead atoms. The second kappa shape index (κ2) is 12.5. The molecular weight excluding hydrogens is 596 g/mol. The molecule has 1 aromatic carbocycles. The maximum atomic E-state index is 12.0. The van der Waals surface area contributed by atoms with Crippen molar-refractivity contribution >= 4 is 60.6 Å². The van der Waals surface area contributed by atoms with Crippen molar-refractivity contribution < 1.29 is 23.9 Å². The lowest BCUT2D eigenvalue weighted by Gasteiger charge is -2.32. The molecule has 0 saturated carbocycles. The molecule has 2 aromatic rings. The lowest BCUT2D eigenvalue weighted by Crippen LogP contribution is -2.40. The molecule has 1 amide bonds. The topological polar surface area (TPSA) is 117 Å². The largest absolute Gasteiger partial charge is 0.459 e. The molecule has 0 radical (unpaired) electrons. The third-order valence-electron chi connectivity index (χ3n) is 5.11. The molecular formula is C25H36Br2N4O5. The van der Waals surface area contributed by atoms with Gasteiger partial charge in [-0.3, -0.25) is 24.0 Å². The summed E-state index contributed by atoms with van der Waals surface area (Å²) >= 11 is 6.43. The van der Waals surface area contributed by atoms with Gasteiger partial charge in [-0.15, -0.1) is 0 Å². The molecule has 11 heteroatoms. The average molecular weight is 632 g/mol. The Bertz CT molecular complexity index is 1080. The van der Waals surface area contributed by atoms with Crippen LogP contribution in [0.2, 0.25) is 0 Å². The Morgan fingerprint density at radius 2 is 1.58 bits per heavy atom. The van der Waals surface area contributed by atoms with E-state index in [-0.39, 0.29) is 28.9 Å². The maximum Gasteiger partial charge on any atom is 0.320 e. The van der Waals surface area contributed by atoms with Gasteiger partial charge in [0.2, 0.25) is 0 Å². The van der Waals surface area contributed by atoms with Crippen LogP contribution < -0.4 is 5.73 Å². The summed E-state index contributed by atoms with van der Waals surface area (Å²) in [5, 5.41) is 5.52. The molecule has 2 N–H and O–H groups in total. The van der Waals surface area contributed by atoms with Crippen molar-refractivity contribution in [3.63, 3.8) is 0 Å². The number of alkyl halides is 1. The normalized spacial score (nSPS) is 15.2. The third-order valence-corrected chi connectivity index (χ3v) is 6.06. The summed E-state index contributed by atoms with van der Waals surface area (Å²) in [7, 11) is 0. The maximum absolute atomic E-state index is 12.0. The minimum atomic E-state index is -0.529. The van der Waals surface area contributed by atoms with Crippen LogP contribution >= 0.6 is 31.9 Å². The van der Waals surface area contributed by atoms with Crippen LogP contribution in [0.4, 0.5) is 0 Å². The first-order valence-corrected chi connectivity index (χ1v) is 13.7. The van der Waals surface area contributed by atoms with Gasteiger partial charge in [0.15, 0.2) is 5.69 Å². The van der Waals surface area contributed by atoms with Gasteiger partial charge in [0, 0.05) is 22.9 Å². The summed E-state index contributed by atoms with van der Waals surface area (Å²) in [6.07, 6.45) is 1.68. The van der Waals surface area contributed by atoms with E-state index in [1.807, 2.05) is 64.4 Å². The van der Waals surface area contributed by atoms with Crippen LogP contribution in [0, 0.1) is 0 Å². The summed E-state index contributed by atoms with van der Waals surface area (Å²) < 4.78 is 13.1. The first-order chi connectivity index (χ1) is 16.6. The summed E-state index contributed by atoms with van der Waals surface area (Å²) in [6.45, 7) is 13.0. The van der Waals surface area contributed by atoms with Crippen molar-refractivity contribution in [1.29, 1.82) is 0 Å². The number of likely N-dealkylation sites (tertiary alicyclic amines) is 1. The molecule has 0 spiro atoms. The fraction of sp³-hybridized carbons (Fsp3) is 0.600. The molecule has 1 saturated heterocycles. The van der Waals surface area contributed by atoms with E-state index in [0.717, 1.165) is 41.3 Å². The Kier molecular flexibility index (Phi) is 10.5. The number of carbonyl (C=O) groups excluding carboxylic acids is 3. The second-order valence-electron chi connectivity index (χ2n) is 10.6. The Morgan fingerprint density at radius 3 is 2.06 bits per heavy atom. The highest BCUT2D eigenvalue weighted by molar-refractivity contribution is 9.10. The van der Waals surface area contributed by atoms with Crippen molar-refractivity contribution in [2.24, 2.45) is 5.73 Å². The zero-order valence-electron chi connectivity index (χ0n) is 21.8. The van der Waals surface area contributed by atoms with E-state index in [9.17, 15) is 14.4 Å². The van der Waals surface area contributed by atoms with Gasteiger partial charge in [-0.2, -0.15) is 5.10 Å². The fourth-order valence-electron chi connectivity index (χ4n) is 3.82. The minimum Gasteiger partial charge on any atom is -0.459 e. The number of piperidine rings is 1. The predicted octanol–water partition coefficient (Wildman–Crippen LogP) is 4.60. The van der Waals surface area contributed by atoms with Crippen molar-refractivity contribution in [2.45, 2.75) is 71.6 Å². The molecule has 36 heavy (non-hydrogen) atoms.